The van der Waals surface area contributed by atoms with Crippen LogP contribution < -0.4 is 0 Å². The van der Waals surface area contributed by atoms with Gasteiger partial charge in [-0.05, 0) is 47.9 Å². The maximum absolute atomic E-state index is 10.6. The minimum Gasteiger partial charge on any atom is -0.258 e. The summed E-state index contributed by atoms with van der Waals surface area (Å²) in [5, 5.41) is 10.6. The van der Waals surface area contributed by atoms with Crippen LogP contribution in [0.2, 0.25) is 0 Å². The van der Waals surface area contributed by atoms with Gasteiger partial charge < -0.3 is 0 Å². The summed E-state index contributed by atoms with van der Waals surface area (Å²) in [6, 6.07) is 6.86. The van der Waals surface area contributed by atoms with E-state index in [1.165, 1.54) is 12.0 Å². The van der Waals surface area contributed by atoms with Crippen LogP contribution in [0.1, 0.15) is 38.7 Å². The molecule has 0 atom stereocenters. The van der Waals surface area contributed by atoms with E-state index in [0.717, 1.165) is 18.4 Å². The van der Waals surface area contributed by atoms with Gasteiger partial charge in [0.15, 0.2) is 0 Å². The van der Waals surface area contributed by atoms with Crippen LogP contribution in [-0.4, -0.2) is 4.92 Å². The Bertz CT molecular complexity index is 458. The summed E-state index contributed by atoms with van der Waals surface area (Å²) in [5.41, 5.74) is 2.99. The third-order valence-corrected chi connectivity index (χ3v) is 3.42. The van der Waals surface area contributed by atoms with Gasteiger partial charge >= 0.3 is 0 Å². The summed E-state index contributed by atoms with van der Waals surface area (Å²) in [6.07, 6.45) is 5.59. The molecule has 1 aliphatic carbocycles. The number of allylic oxidation sites excluding steroid dienone is 2. The van der Waals surface area contributed by atoms with Gasteiger partial charge in [0.2, 0.25) is 0 Å². The van der Waals surface area contributed by atoms with Crippen LogP contribution >= 0.6 is 0 Å². The first-order valence-corrected chi connectivity index (χ1v) is 5.92. The highest BCUT2D eigenvalue weighted by Gasteiger charge is 2.21. The van der Waals surface area contributed by atoms with E-state index in [-0.39, 0.29) is 10.6 Å². The molecule has 0 heterocycles. The second kappa shape index (κ2) is 4.32. The summed E-state index contributed by atoms with van der Waals surface area (Å²) in [6.45, 7) is 4.55. The van der Waals surface area contributed by atoms with Crippen molar-refractivity contribution < 1.29 is 4.92 Å². The highest BCUT2D eigenvalue weighted by molar-refractivity contribution is 5.67. The maximum Gasteiger partial charge on any atom is 0.269 e. The predicted octanol–water partition coefficient (Wildman–Crippen LogP) is 4.19. The molecular weight excluding hydrogens is 214 g/mol. The van der Waals surface area contributed by atoms with Crippen LogP contribution in [0.5, 0.6) is 0 Å². The van der Waals surface area contributed by atoms with Crippen molar-refractivity contribution in [2.75, 3.05) is 0 Å². The maximum atomic E-state index is 10.6. The lowest BCUT2D eigenvalue weighted by molar-refractivity contribution is -0.384. The van der Waals surface area contributed by atoms with Crippen LogP contribution in [0.3, 0.4) is 0 Å². The molecule has 0 fully saturated rings. The lowest BCUT2D eigenvalue weighted by atomic mass is 9.77. The van der Waals surface area contributed by atoms with Gasteiger partial charge in [0, 0.05) is 12.1 Å². The van der Waals surface area contributed by atoms with Crippen molar-refractivity contribution in [3.63, 3.8) is 0 Å². The normalized spacial score (nSPS) is 18.6. The Kier molecular flexibility index (Phi) is 3.01. The molecule has 3 heteroatoms. The monoisotopic (exact) mass is 231 g/mol. The molecule has 1 aromatic carbocycles. The van der Waals surface area contributed by atoms with E-state index < -0.39 is 0 Å². The van der Waals surface area contributed by atoms with Gasteiger partial charge in [-0.3, -0.25) is 10.1 Å². The molecule has 90 valence electrons. The predicted molar refractivity (Wildman–Crippen MR) is 68.7 cm³/mol. The molecule has 0 saturated heterocycles. The Morgan fingerprint density at radius 2 is 1.88 bits per heavy atom. The first-order chi connectivity index (χ1) is 7.98. The number of hydrogen-bond donors (Lipinski definition) is 0. The number of hydrogen-bond acceptors (Lipinski definition) is 2. The molecule has 17 heavy (non-hydrogen) atoms. The van der Waals surface area contributed by atoms with E-state index in [2.05, 4.69) is 19.9 Å². The minimum absolute atomic E-state index is 0.158. The van der Waals surface area contributed by atoms with Crippen LogP contribution in [0.15, 0.2) is 30.3 Å². The molecule has 0 saturated carbocycles. The molecular formula is C14H17NO2. The molecule has 0 aliphatic heterocycles. The van der Waals surface area contributed by atoms with Crippen molar-refractivity contribution in [2.24, 2.45) is 5.41 Å². The lowest BCUT2D eigenvalue weighted by Gasteiger charge is -2.28. The second-order valence-corrected chi connectivity index (χ2v) is 5.40. The summed E-state index contributed by atoms with van der Waals surface area (Å²) < 4.78 is 0. The molecule has 3 nitrogen and oxygen atoms in total. The van der Waals surface area contributed by atoms with Gasteiger partial charge in [-0.25, -0.2) is 0 Å². The molecule has 0 radical (unpaired) electrons. The molecule has 0 aromatic heterocycles. The second-order valence-electron chi connectivity index (χ2n) is 5.40. The summed E-state index contributed by atoms with van der Waals surface area (Å²) in [4.78, 5) is 10.2. The van der Waals surface area contributed by atoms with Gasteiger partial charge in [0.1, 0.15) is 0 Å². The Morgan fingerprint density at radius 1 is 1.24 bits per heavy atom. The molecule has 1 aliphatic rings. The van der Waals surface area contributed by atoms with E-state index in [4.69, 9.17) is 0 Å². The number of non-ortho nitro benzene ring substituents is 1. The SMILES string of the molecule is CC1(C)CC=C(c2ccc([N+](=O)[O-])cc2)CC1. The van der Waals surface area contributed by atoms with E-state index in [1.54, 1.807) is 12.1 Å². The summed E-state index contributed by atoms with van der Waals surface area (Å²) in [5.74, 6) is 0. The van der Waals surface area contributed by atoms with Crippen molar-refractivity contribution in [1.29, 1.82) is 0 Å². The Hall–Kier alpha value is -1.64. The zero-order chi connectivity index (χ0) is 12.5. The Labute approximate surface area is 101 Å². The molecule has 0 spiro atoms. The number of nitrogens with zero attached hydrogens (tertiary/aromatic N) is 1. The van der Waals surface area contributed by atoms with E-state index in [1.807, 2.05) is 12.1 Å². The average Bonchev–Trinajstić information content (AvgIpc) is 2.29. The van der Waals surface area contributed by atoms with Gasteiger partial charge in [0.05, 0.1) is 4.92 Å². The minimum atomic E-state index is -0.359. The fraction of sp³-hybridized carbons (Fsp3) is 0.429. The van der Waals surface area contributed by atoms with Gasteiger partial charge in [0.25, 0.3) is 5.69 Å². The Balaban J connectivity index is 2.19. The molecule has 0 unspecified atom stereocenters. The zero-order valence-electron chi connectivity index (χ0n) is 10.3. The van der Waals surface area contributed by atoms with E-state index in [9.17, 15) is 10.1 Å². The van der Waals surface area contributed by atoms with Gasteiger partial charge in [-0.15, -0.1) is 0 Å². The molecule has 2 rings (SSSR count). The average molecular weight is 231 g/mol. The smallest absolute Gasteiger partial charge is 0.258 e. The first-order valence-electron chi connectivity index (χ1n) is 5.92. The zero-order valence-corrected chi connectivity index (χ0v) is 10.3. The number of nitro benzene ring substituents is 1. The number of benzene rings is 1. The highest BCUT2D eigenvalue weighted by Crippen LogP contribution is 2.37. The van der Waals surface area contributed by atoms with Crippen LogP contribution in [-0.2, 0) is 0 Å². The molecule has 1 aromatic rings. The summed E-state index contributed by atoms with van der Waals surface area (Å²) >= 11 is 0. The largest absolute Gasteiger partial charge is 0.269 e. The molecule has 0 bridgehead atoms. The van der Waals surface area contributed by atoms with Crippen molar-refractivity contribution in [3.05, 3.63) is 46.0 Å². The molecule has 0 N–H and O–H groups in total. The van der Waals surface area contributed by atoms with Crippen molar-refractivity contribution in [2.45, 2.75) is 33.1 Å². The van der Waals surface area contributed by atoms with E-state index in [0.29, 0.717) is 5.41 Å². The van der Waals surface area contributed by atoms with Crippen LogP contribution in [0.4, 0.5) is 5.69 Å². The Morgan fingerprint density at radius 3 is 2.35 bits per heavy atom. The molecule has 0 amide bonds. The fourth-order valence-corrected chi connectivity index (χ4v) is 2.14. The van der Waals surface area contributed by atoms with Crippen molar-refractivity contribution >= 4 is 11.3 Å². The first kappa shape index (κ1) is 11.8. The van der Waals surface area contributed by atoms with Gasteiger partial charge in [-0.1, -0.05) is 19.9 Å². The van der Waals surface area contributed by atoms with Crippen LogP contribution in [0.25, 0.3) is 5.57 Å². The van der Waals surface area contributed by atoms with Crippen molar-refractivity contribution in [1.82, 2.24) is 0 Å². The standard InChI is InChI=1S/C14H17NO2/c1-14(2)9-7-12(8-10-14)11-3-5-13(6-4-11)15(16)17/h3-7H,8-10H2,1-2H3. The van der Waals surface area contributed by atoms with Crippen LogP contribution in [0, 0.1) is 15.5 Å². The third kappa shape index (κ3) is 2.73. The van der Waals surface area contributed by atoms with Gasteiger partial charge in [-0.2, -0.15) is 0 Å². The summed E-state index contributed by atoms with van der Waals surface area (Å²) in [7, 11) is 0. The quantitative estimate of drug-likeness (QED) is 0.565. The number of rotatable bonds is 2. The third-order valence-electron chi connectivity index (χ3n) is 3.42. The number of nitro groups is 1. The topological polar surface area (TPSA) is 43.1 Å². The highest BCUT2D eigenvalue weighted by atomic mass is 16.6. The van der Waals surface area contributed by atoms with E-state index >= 15 is 0 Å². The fourth-order valence-electron chi connectivity index (χ4n) is 2.14. The lowest BCUT2D eigenvalue weighted by Crippen LogP contribution is -2.13. The van der Waals surface area contributed by atoms with Crippen molar-refractivity contribution in [3.8, 4) is 0 Å².